The molecule has 0 fully saturated rings. The molecule has 1 atom stereocenters. The maximum absolute atomic E-state index is 10.7. The van der Waals surface area contributed by atoms with E-state index in [-0.39, 0.29) is 0 Å². The zero-order chi connectivity index (χ0) is 18.2. The summed E-state index contributed by atoms with van der Waals surface area (Å²) in [6, 6.07) is 23.4. The lowest BCUT2D eigenvalue weighted by molar-refractivity contribution is 0.0566. The van der Waals surface area contributed by atoms with Crippen molar-refractivity contribution in [2.75, 3.05) is 6.54 Å². The SMILES string of the molecule is CC(O)(CNCc1ccccc1OCc1ccccn1)c1ccccc1. The first kappa shape index (κ1) is 18.1. The highest BCUT2D eigenvalue weighted by molar-refractivity contribution is 5.33. The molecule has 0 aliphatic heterocycles. The molecule has 0 saturated carbocycles. The Hall–Kier alpha value is -2.69. The maximum Gasteiger partial charge on any atom is 0.130 e. The van der Waals surface area contributed by atoms with Gasteiger partial charge in [0, 0.05) is 24.8 Å². The summed E-state index contributed by atoms with van der Waals surface area (Å²) in [5.41, 5.74) is 1.91. The van der Waals surface area contributed by atoms with E-state index in [0.29, 0.717) is 19.7 Å². The van der Waals surface area contributed by atoms with Crippen molar-refractivity contribution >= 4 is 0 Å². The number of aromatic nitrogens is 1. The molecule has 0 radical (unpaired) electrons. The van der Waals surface area contributed by atoms with Gasteiger partial charge in [0.15, 0.2) is 0 Å². The van der Waals surface area contributed by atoms with Gasteiger partial charge >= 0.3 is 0 Å². The summed E-state index contributed by atoms with van der Waals surface area (Å²) in [7, 11) is 0. The zero-order valence-corrected chi connectivity index (χ0v) is 14.9. The molecule has 1 heterocycles. The Balaban J connectivity index is 1.58. The van der Waals surface area contributed by atoms with E-state index in [9.17, 15) is 5.11 Å². The lowest BCUT2D eigenvalue weighted by Crippen LogP contribution is -2.35. The minimum atomic E-state index is -0.926. The van der Waals surface area contributed by atoms with Crippen LogP contribution in [-0.4, -0.2) is 16.6 Å². The third-order valence-electron chi connectivity index (χ3n) is 4.25. The quantitative estimate of drug-likeness (QED) is 0.652. The molecule has 0 bridgehead atoms. The summed E-state index contributed by atoms with van der Waals surface area (Å²) in [6.07, 6.45) is 1.76. The van der Waals surface area contributed by atoms with Crippen molar-refractivity contribution in [3.8, 4) is 5.75 Å². The van der Waals surface area contributed by atoms with Gasteiger partial charge in [0.2, 0.25) is 0 Å². The Morgan fingerprint density at radius 2 is 1.69 bits per heavy atom. The standard InChI is InChI=1S/C22H24N2O2/c1-22(25,19-10-3-2-4-11-19)17-23-15-18-9-5-6-13-21(18)26-16-20-12-7-8-14-24-20/h2-14,23,25H,15-17H2,1H3. The lowest BCUT2D eigenvalue weighted by Gasteiger charge is -2.24. The Bertz CT molecular complexity index is 805. The minimum Gasteiger partial charge on any atom is -0.487 e. The molecule has 0 amide bonds. The van der Waals surface area contributed by atoms with Crippen molar-refractivity contribution in [3.05, 3.63) is 95.8 Å². The lowest BCUT2D eigenvalue weighted by atomic mass is 9.96. The fourth-order valence-electron chi connectivity index (χ4n) is 2.77. The van der Waals surface area contributed by atoms with E-state index in [1.807, 2.05) is 79.7 Å². The van der Waals surface area contributed by atoms with Gasteiger partial charge in [0.25, 0.3) is 0 Å². The average Bonchev–Trinajstić information content (AvgIpc) is 2.69. The summed E-state index contributed by atoms with van der Waals surface area (Å²) in [5.74, 6) is 0.824. The van der Waals surface area contributed by atoms with Crippen LogP contribution >= 0.6 is 0 Å². The highest BCUT2D eigenvalue weighted by Crippen LogP contribution is 2.21. The number of aliphatic hydroxyl groups is 1. The Kier molecular flexibility index (Phi) is 6.00. The zero-order valence-electron chi connectivity index (χ0n) is 14.9. The number of para-hydroxylation sites is 1. The molecular formula is C22H24N2O2. The van der Waals surface area contributed by atoms with E-state index in [1.54, 1.807) is 6.20 Å². The number of benzene rings is 2. The molecule has 4 heteroatoms. The van der Waals surface area contributed by atoms with E-state index in [2.05, 4.69) is 10.3 Å². The van der Waals surface area contributed by atoms with Crippen molar-refractivity contribution in [1.82, 2.24) is 10.3 Å². The van der Waals surface area contributed by atoms with Gasteiger partial charge in [-0.1, -0.05) is 54.6 Å². The van der Waals surface area contributed by atoms with E-state index >= 15 is 0 Å². The summed E-state index contributed by atoms with van der Waals surface area (Å²) in [5, 5.41) is 14.0. The van der Waals surface area contributed by atoms with Crippen LogP contribution in [0.1, 0.15) is 23.7 Å². The van der Waals surface area contributed by atoms with Crippen LogP contribution in [0.4, 0.5) is 0 Å². The van der Waals surface area contributed by atoms with Crippen LogP contribution < -0.4 is 10.1 Å². The van der Waals surface area contributed by atoms with Crippen LogP contribution in [0.3, 0.4) is 0 Å². The molecule has 4 nitrogen and oxygen atoms in total. The van der Waals surface area contributed by atoms with Crippen molar-refractivity contribution < 1.29 is 9.84 Å². The van der Waals surface area contributed by atoms with E-state index in [0.717, 1.165) is 22.6 Å². The highest BCUT2D eigenvalue weighted by atomic mass is 16.5. The maximum atomic E-state index is 10.7. The first-order chi connectivity index (χ1) is 12.6. The third kappa shape index (κ3) is 4.91. The molecule has 3 rings (SSSR count). The number of nitrogens with one attached hydrogen (secondary N) is 1. The van der Waals surface area contributed by atoms with Gasteiger partial charge in [-0.15, -0.1) is 0 Å². The number of nitrogens with zero attached hydrogens (tertiary/aromatic N) is 1. The van der Waals surface area contributed by atoms with Crippen molar-refractivity contribution in [1.29, 1.82) is 0 Å². The van der Waals surface area contributed by atoms with Crippen LogP contribution in [0.5, 0.6) is 5.75 Å². The number of hydrogen-bond donors (Lipinski definition) is 2. The fourth-order valence-corrected chi connectivity index (χ4v) is 2.77. The fraction of sp³-hybridized carbons (Fsp3) is 0.227. The molecule has 3 aromatic rings. The van der Waals surface area contributed by atoms with E-state index in [4.69, 9.17) is 4.74 Å². The Morgan fingerprint density at radius 1 is 0.962 bits per heavy atom. The summed E-state index contributed by atoms with van der Waals surface area (Å²) < 4.78 is 5.93. The first-order valence-electron chi connectivity index (χ1n) is 8.74. The molecule has 0 saturated heterocycles. The summed E-state index contributed by atoms with van der Waals surface area (Å²) in [6.45, 7) is 3.31. The van der Waals surface area contributed by atoms with Gasteiger partial charge in [0.05, 0.1) is 11.3 Å². The van der Waals surface area contributed by atoms with Gasteiger partial charge < -0.3 is 15.2 Å². The highest BCUT2D eigenvalue weighted by Gasteiger charge is 2.22. The monoisotopic (exact) mass is 348 g/mol. The van der Waals surface area contributed by atoms with Crippen molar-refractivity contribution in [2.24, 2.45) is 0 Å². The number of rotatable bonds is 8. The molecule has 0 aliphatic rings. The smallest absolute Gasteiger partial charge is 0.130 e. The van der Waals surface area contributed by atoms with Crippen LogP contribution in [-0.2, 0) is 18.8 Å². The molecular weight excluding hydrogens is 324 g/mol. The largest absolute Gasteiger partial charge is 0.487 e. The van der Waals surface area contributed by atoms with Gasteiger partial charge in [0.1, 0.15) is 12.4 Å². The molecule has 26 heavy (non-hydrogen) atoms. The predicted molar refractivity (Wildman–Crippen MR) is 103 cm³/mol. The number of hydrogen-bond acceptors (Lipinski definition) is 4. The van der Waals surface area contributed by atoms with Crippen molar-refractivity contribution in [2.45, 2.75) is 25.7 Å². The normalized spacial score (nSPS) is 13.2. The molecule has 0 spiro atoms. The second-order valence-corrected chi connectivity index (χ2v) is 6.46. The second-order valence-electron chi connectivity index (χ2n) is 6.46. The predicted octanol–water partition coefficient (Wildman–Crippen LogP) is 3.66. The van der Waals surface area contributed by atoms with Gasteiger partial charge in [-0.25, -0.2) is 0 Å². The second kappa shape index (κ2) is 8.61. The van der Waals surface area contributed by atoms with Gasteiger partial charge in [-0.3, -0.25) is 4.98 Å². The van der Waals surface area contributed by atoms with Crippen LogP contribution in [0.2, 0.25) is 0 Å². The molecule has 2 N–H and O–H groups in total. The van der Waals surface area contributed by atoms with Crippen LogP contribution in [0.15, 0.2) is 79.0 Å². The first-order valence-corrected chi connectivity index (χ1v) is 8.74. The van der Waals surface area contributed by atoms with Gasteiger partial charge in [-0.05, 0) is 30.7 Å². The average molecular weight is 348 g/mol. The van der Waals surface area contributed by atoms with E-state index < -0.39 is 5.60 Å². The minimum absolute atomic E-state index is 0.430. The van der Waals surface area contributed by atoms with Crippen LogP contribution in [0, 0.1) is 0 Å². The van der Waals surface area contributed by atoms with E-state index in [1.165, 1.54) is 0 Å². The Labute approximate surface area is 154 Å². The summed E-state index contributed by atoms with van der Waals surface area (Å²) >= 11 is 0. The molecule has 2 aromatic carbocycles. The topological polar surface area (TPSA) is 54.4 Å². The number of ether oxygens (including phenoxy) is 1. The van der Waals surface area contributed by atoms with Gasteiger partial charge in [-0.2, -0.15) is 0 Å². The number of pyridine rings is 1. The van der Waals surface area contributed by atoms with Crippen LogP contribution in [0.25, 0.3) is 0 Å². The molecule has 1 aromatic heterocycles. The molecule has 0 aliphatic carbocycles. The van der Waals surface area contributed by atoms with Crippen molar-refractivity contribution in [3.63, 3.8) is 0 Å². The summed E-state index contributed by atoms with van der Waals surface area (Å²) in [4.78, 5) is 4.28. The molecule has 134 valence electrons. The molecule has 1 unspecified atom stereocenters. The Morgan fingerprint density at radius 3 is 2.46 bits per heavy atom. The third-order valence-corrected chi connectivity index (χ3v) is 4.25.